The maximum Gasteiger partial charge on any atom is 0.267 e. The van der Waals surface area contributed by atoms with Crippen molar-refractivity contribution in [2.75, 3.05) is 6.61 Å². The van der Waals surface area contributed by atoms with Crippen LogP contribution in [0.1, 0.15) is 11.3 Å². The molecule has 0 unspecified atom stereocenters. The second-order valence-corrected chi connectivity index (χ2v) is 6.64. The molecule has 138 valence electrons. The van der Waals surface area contributed by atoms with Gasteiger partial charge in [-0.25, -0.2) is 0 Å². The monoisotopic (exact) mass is 383 g/mol. The third-order valence-corrected chi connectivity index (χ3v) is 4.71. The highest BCUT2D eigenvalue weighted by molar-refractivity contribution is 6.31. The minimum Gasteiger partial charge on any atom is -0.485 e. The molecule has 2 aromatic carbocycles. The molecule has 3 aromatic rings. The maximum atomic E-state index is 13.2. The fourth-order valence-electron chi connectivity index (χ4n) is 2.98. The molecule has 4 rings (SSSR count). The summed E-state index contributed by atoms with van der Waals surface area (Å²) in [6.07, 6.45) is 0.863. The number of carbonyl (C=O) groups is 1. The number of halogens is 1. The Bertz CT molecular complexity index is 925. The third-order valence-electron chi connectivity index (χ3n) is 4.34. The molecule has 27 heavy (non-hydrogen) atoms. The van der Waals surface area contributed by atoms with Gasteiger partial charge in [0.05, 0.1) is 12.8 Å². The molecule has 2 heterocycles. The van der Waals surface area contributed by atoms with Crippen LogP contribution in [0.3, 0.4) is 0 Å². The third kappa shape index (κ3) is 3.93. The highest BCUT2D eigenvalue weighted by atomic mass is 35.5. The average Bonchev–Trinajstić information content (AvgIpc) is 3.21. The lowest BCUT2D eigenvalue weighted by atomic mass is 10.2. The van der Waals surface area contributed by atoms with Gasteiger partial charge in [-0.2, -0.15) is 0 Å². The molecular weight excluding hydrogens is 366 g/mol. The zero-order chi connectivity index (χ0) is 18.6. The molecule has 0 spiro atoms. The van der Waals surface area contributed by atoms with E-state index in [1.807, 2.05) is 48.5 Å². The summed E-state index contributed by atoms with van der Waals surface area (Å²) in [6.45, 7) is 0.826. The number of rotatable bonds is 5. The Morgan fingerprint density at radius 2 is 1.78 bits per heavy atom. The summed E-state index contributed by atoms with van der Waals surface area (Å²) in [5.41, 5.74) is 0.858. The van der Waals surface area contributed by atoms with Crippen LogP contribution in [0.2, 0.25) is 5.02 Å². The van der Waals surface area contributed by atoms with Crippen LogP contribution in [0.25, 0.3) is 0 Å². The van der Waals surface area contributed by atoms with Crippen LogP contribution in [0.5, 0.6) is 11.5 Å². The summed E-state index contributed by atoms with van der Waals surface area (Å²) in [5, 5.41) is 0.612. The second-order valence-electron chi connectivity index (χ2n) is 6.23. The van der Waals surface area contributed by atoms with Gasteiger partial charge in [-0.3, -0.25) is 4.79 Å². The van der Waals surface area contributed by atoms with E-state index >= 15 is 0 Å². The van der Waals surface area contributed by atoms with E-state index in [-0.39, 0.29) is 12.5 Å². The number of nitrogens with zero attached hydrogens (tertiary/aromatic N) is 1. The highest BCUT2D eigenvalue weighted by Crippen LogP contribution is 2.31. The maximum absolute atomic E-state index is 13.2. The quantitative estimate of drug-likeness (QED) is 0.659. The van der Waals surface area contributed by atoms with Crippen LogP contribution in [0.15, 0.2) is 71.3 Å². The average molecular weight is 384 g/mol. The largest absolute Gasteiger partial charge is 0.485 e. The molecule has 5 nitrogen and oxygen atoms in total. The molecule has 1 aliphatic heterocycles. The van der Waals surface area contributed by atoms with Crippen molar-refractivity contribution in [1.29, 1.82) is 0 Å². The Morgan fingerprint density at radius 3 is 2.56 bits per heavy atom. The van der Waals surface area contributed by atoms with Gasteiger partial charge in [0.2, 0.25) is 6.10 Å². The topological polar surface area (TPSA) is 51.9 Å². The van der Waals surface area contributed by atoms with Crippen molar-refractivity contribution >= 4 is 17.5 Å². The Labute approximate surface area is 162 Å². The lowest BCUT2D eigenvalue weighted by Gasteiger charge is -2.30. The fraction of sp³-hybridized carbons (Fsp3) is 0.190. The van der Waals surface area contributed by atoms with Crippen molar-refractivity contribution in [3.05, 3.63) is 83.3 Å². The Morgan fingerprint density at radius 1 is 1.00 bits per heavy atom. The number of hydrogen-bond acceptors (Lipinski definition) is 4. The molecule has 0 N–H and O–H groups in total. The van der Waals surface area contributed by atoms with Gasteiger partial charge in [-0.1, -0.05) is 41.9 Å². The SMILES string of the molecule is O=C([C@H]1COc2ccccc2O1)N(Cc1ccco1)Cc1ccccc1Cl. The lowest BCUT2D eigenvalue weighted by Crippen LogP contribution is -2.45. The Balaban J connectivity index is 1.56. The van der Waals surface area contributed by atoms with Crippen LogP contribution in [0.4, 0.5) is 0 Å². The number of hydrogen-bond donors (Lipinski definition) is 0. The molecule has 0 radical (unpaired) electrons. The number of ether oxygens (including phenoxy) is 2. The number of fused-ring (bicyclic) bond motifs is 1. The van der Waals surface area contributed by atoms with Crippen molar-refractivity contribution in [3.8, 4) is 11.5 Å². The molecule has 0 bridgehead atoms. The molecule has 0 saturated carbocycles. The van der Waals surface area contributed by atoms with E-state index in [4.69, 9.17) is 25.5 Å². The molecule has 0 saturated heterocycles. The van der Waals surface area contributed by atoms with Gasteiger partial charge >= 0.3 is 0 Å². The predicted molar refractivity (Wildman–Crippen MR) is 101 cm³/mol. The van der Waals surface area contributed by atoms with E-state index in [2.05, 4.69) is 0 Å². The first-order chi connectivity index (χ1) is 13.2. The van der Waals surface area contributed by atoms with E-state index in [0.29, 0.717) is 35.4 Å². The van der Waals surface area contributed by atoms with Crippen LogP contribution in [-0.2, 0) is 17.9 Å². The number of amides is 1. The highest BCUT2D eigenvalue weighted by Gasteiger charge is 2.31. The zero-order valence-electron chi connectivity index (χ0n) is 14.5. The van der Waals surface area contributed by atoms with E-state index in [9.17, 15) is 4.79 Å². The van der Waals surface area contributed by atoms with Crippen molar-refractivity contribution in [1.82, 2.24) is 4.90 Å². The Hall–Kier alpha value is -2.92. The van der Waals surface area contributed by atoms with E-state index in [1.165, 1.54) is 0 Å². The van der Waals surface area contributed by atoms with Gasteiger partial charge in [-0.15, -0.1) is 0 Å². The normalized spacial score (nSPS) is 15.4. The van der Waals surface area contributed by atoms with Crippen LogP contribution >= 0.6 is 11.6 Å². The fourth-order valence-corrected chi connectivity index (χ4v) is 3.17. The van der Waals surface area contributed by atoms with Gasteiger partial charge < -0.3 is 18.8 Å². The molecule has 0 aliphatic carbocycles. The molecule has 0 fully saturated rings. The lowest BCUT2D eigenvalue weighted by molar-refractivity contribution is -0.142. The standard InChI is InChI=1S/C21H18ClNO4/c22-17-8-2-1-6-15(17)12-23(13-16-7-5-11-25-16)21(24)20-14-26-18-9-3-4-10-19(18)27-20/h1-11,20H,12-14H2/t20-/m1/s1. The van der Waals surface area contributed by atoms with Gasteiger partial charge in [0.15, 0.2) is 11.5 Å². The van der Waals surface area contributed by atoms with Gasteiger partial charge in [-0.05, 0) is 35.9 Å². The predicted octanol–water partition coefficient (Wildman–Crippen LogP) is 4.30. The number of carbonyl (C=O) groups excluding carboxylic acids is 1. The van der Waals surface area contributed by atoms with Crippen molar-refractivity contribution in [2.45, 2.75) is 19.2 Å². The first-order valence-electron chi connectivity index (χ1n) is 8.64. The van der Waals surface area contributed by atoms with Crippen molar-refractivity contribution < 1.29 is 18.7 Å². The summed E-state index contributed by atoms with van der Waals surface area (Å²) in [4.78, 5) is 14.9. The van der Waals surface area contributed by atoms with Crippen LogP contribution in [0, 0.1) is 0 Å². The zero-order valence-corrected chi connectivity index (χ0v) is 15.3. The van der Waals surface area contributed by atoms with E-state index < -0.39 is 6.10 Å². The summed E-state index contributed by atoms with van der Waals surface area (Å²) in [7, 11) is 0. The molecule has 1 aliphatic rings. The first kappa shape index (κ1) is 17.5. The molecular formula is C21H18ClNO4. The summed E-state index contributed by atoms with van der Waals surface area (Å²) in [6, 6.07) is 18.4. The van der Waals surface area contributed by atoms with Crippen molar-refractivity contribution in [2.24, 2.45) is 0 Å². The van der Waals surface area contributed by atoms with Gasteiger partial charge in [0, 0.05) is 11.6 Å². The van der Waals surface area contributed by atoms with Crippen LogP contribution < -0.4 is 9.47 Å². The van der Waals surface area contributed by atoms with Gasteiger partial charge in [0.1, 0.15) is 12.4 Å². The summed E-state index contributed by atoms with van der Waals surface area (Å²) in [5.74, 6) is 1.72. The van der Waals surface area contributed by atoms with E-state index in [0.717, 1.165) is 5.56 Å². The molecule has 1 aromatic heterocycles. The smallest absolute Gasteiger partial charge is 0.267 e. The molecule has 1 amide bonds. The summed E-state index contributed by atoms with van der Waals surface area (Å²) >= 11 is 6.29. The Kier molecular flexibility index (Phi) is 5.03. The van der Waals surface area contributed by atoms with E-state index in [1.54, 1.807) is 23.3 Å². The second kappa shape index (κ2) is 7.76. The first-order valence-corrected chi connectivity index (χ1v) is 9.01. The number of furan rings is 1. The van der Waals surface area contributed by atoms with Crippen LogP contribution in [-0.4, -0.2) is 23.5 Å². The minimum atomic E-state index is -0.725. The van der Waals surface area contributed by atoms with Gasteiger partial charge in [0.25, 0.3) is 5.91 Å². The summed E-state index contributed by atoms with van der Waals surface area (Å²) < 4.78 is 17.0. The minimum absolute atomic E-state index is 0.160. The van der Waals surface area contributed by atoms with Crippen molar-refractivity contribution in [3.63, 3.8) is 0 Å². The number of benzene rings is 2. The molecule has 6 heteroatoms. The molecule has 1 atom stereocenters. The number of para-hydroxylation sites is 2.